The highest BCUT2D eigenvalue weighted by Gasteiger charge is 2.09. The molecule has 3 aromatic carbocycles. The predicted molar refractivity (Wildman–Crippen MR) is 115 cm³/mol. The molecule has 0 saturated heterocycles. The molecule has 0 saturated carbocycles. The van der Waals surface area contributed by atoms with Crippen molar-refractivity contribution in [3.8, 4) is 0 Å². The van der Waals surface area contributed by atoms with Crippen LogP contribution in [0.25, 0.3) is 11.6 Å². The van der Waals surface area contributed by atoms with Crippen LogP contribution in [-0.2, 0) is 6.42 Å². The molecular weight excluding hydrogens is 314 g/mol. The van der Waals surface area contributed by atoms with Crippen molar-refractivity contribution in [1.29, 1.82) is 0 Å². The van der Waals surface area contributed by atoms with Crippen molar-refractivity contribution in [2.45, 2.75) is 20.3 Å². The van der Waals surface area contributed by atoms with E-state index in [1.54, 1.807) is 0 Å². The molecule has 0 amide bonds. The summed E-state index contributed by atoms with van der Waals surface area (Å²) in [6, 6.07) is 26.2. The first-order valence-electron chi connectivity index (χ1n) is 9.12. The summed E-state index contributed by atoms with van der Waals surface area (Å²) < 4.78 is 0. The maximum atomic E-state index is 2.32. The topological polar surface area (TPSA) is 3.24 Å². The molecule has 1 nitrogen and oxygen atoms in total. The lowest BCUT2D eigenvalue weighted by atomic mass is 9.94. The van der Waals surface area contributed by atoms with Gasteiger partial charge in [-0.1, -0.05) is 83.9 Å². The number of aryl methyl sites for hydroxylation is 2. The molecular formula is C25H27N. The van der Waals surface area contributed by atoms with Gasteiger partial charge in [0, 0.05) is 26.2 Å². The van der Waals surface area contributed by atoms with Gasteiger partial charge in [0.2, 0.25) is 0 Å². The zero-order chi connectivity index (χ0) is 18.5. The van der Waals surface area contributed by atoms with Gasteiger partial charge >= 0.3 is 0 Å². The lowest BCUT2D eigenvalue weighted by Crippen LogP contribution is -2.11. The molecule has 0 N–H and O–H groups in total. The fraction of sp³-hybridized carbons (Fsp3) is 0.200. The average Bonchev–Trinajstić information content (AvgIpc) is 2.64. The van der Waals surface area contributed by atoms with Crippen LogP contribution in [0.3, 0.4) is 0 Å². The molecule has 1 heteroatoms. The number of hydrogen-bond acceptors (Lipinski definition) is 1. The number of nitrogens with zero attached hydrogens (tertiary/aromatic N) is 1. The molecule has 0 aliphatic carbocycles. The van der Waals surface area contributed by atoms with Gasteiger partial charge in [-0.15, -0.1) is 0 Å². The molecule has 0 aliphatic heterocycles. The lowest BCUT2D eigenvalue weighted by molar-refractivity contribution is 1.10. The van der Waals surface area contributed by atoms with Crippen LogP contribution in [0.4, 0.5) is 5.69 Å². The van der Waals surface area contributed by atoms with Crippen LogP contribution in [0.5, 0.6) is 0 Å². The third kappa shape index (κ3) is 4.43. The van der Waals surface area contributed by atoms with E-state index in [4.69, 9.17) is 0 Å². The van der Waals surface area contributed by atoms with Crippen molar-refractivity contribution in [2.75, 3.05) is 19.0 Å². The smallest absolute Gasteiger partial charge is 0.0396 e. The van der Waals surface area contributed by atoms with Crippen molar-refractivity contribution >= 4 is 17.3 Å². The fourth-order valence-corrected chi connectivity index (χ4v) is 3.17. The van der Waals surface area contributed by atoms with Crippen molar-refractivity contribution in [2.24, 2.45) is 0 Å². The molecule has 0 spiro atoms. The van der Waals surface area contributed by atoms with E-state index in [1.807, 2.05) is 0 Å². The van der Waals surface area contributed by atoms with E-state index >= 15 is 0 Å². The molecule has 3 rings (SSSR count). The van der Waals surface area contributed by atoms with Crippen LogP contribution in [0.2, 0.25) is 0 Å². The van der Waals surface area contributed by atoms with Crippen LogP contribution in [0.15, 0.2) is 72.8 Å². The largest absolute Gasteiger partial charge is 0.377 e. The number of benzene rings is 3. The highest BCUT2D eigenvalue weighted by Crippen LogP contribution is 2.28. The third-order valence-corrected chi connectivity index (χ3v) is 4.69. The maximum Gasteiger partial charge on any atom is 0.0396 e. The second-order valence-corrected chi connectivity index (χ2v) is 7.15. The highest BCUT2D eigenvalue weighted by atomic mass is 15.1. The summed E-state index contributed by atoms with van der Waals surface area (Å²) in [4.78, 5) is 2.19. The molecule has 3 aromatic rings. The Morgan fingerprint density at radius 3 is 1.96 bits per heavy atom. The molecule has 0 heterocycles. The first-order chi connectivity index (χ1) is 12.5. The highest BCUT2D eigenvalue weighted by molar-refractivity contribution is 5.83. The summed E-state index contributed by atoms with van der Waals surface area (Å²) in [6.45, 7) is 4.26. The Hall–Kier alpha value is -2.80. The van der Waals surface area contributed by atoms with Gasteiger partial charge in [0.1, 0.15) is 0 Å². The maximum absolute atomic E-state index is 2.32. The standard InChI is InChI=1S/C25H27N/c1-19-9-13-21(14-10-19)17-24(22-15-11-20(2)12-16-22)18-23-7-5-6-8-25(23)26(3)4/h5-17H,18H2,1-4H3/b24-17-. The van der Waals surface area contributed by atoms with Gasteiger partial charge in [-0.3, -0.25) is 0 Å². The Labute approximate surface area is 157 Å². The van der Waals surface area contributed by atoms with Gasteiger partial charge in [-0.25, -0.2) is 0 Å². The summed E-state index contributed by atoms with van der Waals surface area (Å²) in [5, 5.41) is 0. The number of anilines is 1. The number of rotatable bonds is 5. The minimum atomic E-state index is 0.908. The molecule has 26 heavy (non-hydrogen) atoms. The van der Waals surface area contributed by atoms with Crippen LogP contribution in [0, 0.1) is 13.8 Å². The van der Waals surface area contributed by atoms with Crippen LogP contribution in [-0.4, -0.2) is 14.1 Å². The van der Waals surface area contributed by atoms with Gasteiger partial charge in [0.25, 0.3) is 0 Å². The van der Waals surface area contributed by atoms with E-state index in [2.05, 4.69) is 112 Å². The Morgan fingerprint density at radius 2 is 1.35 bits per heavy atom. The molecule has 0 atom stereocenters. The molecule has 132 valence electrons. The Morgan fingerprint density at radius 1 is 0.769 bits per heavy atom. The second-order valence-electron chi connectivity index (χ2n) is 7.15. The van der Waals surface area contributed by atoms with E-state index in [0.29, 0.717) is 0 Å². The molecule has 0 unspecified atom stereocenters. The minimum absolute atomic E-state index is 0.908. The zero-order valence-electron chi connectivity index (χ0n) is 16.2. The van der Waals surface area contributed by atoms with Crippen LogP contribution < -0.4 is 4.90 Å². The quantitative estimate of drug-likeness (QED) is 0.503. The summed E-state index contributed by atoms with van der Waals surface area (Å²) in [7, 11) is 4.21. The third-order valence-electron chi connectivity index (χ3n) is 4.69. The summed E-state index contributed by atoms with van der Waals surface area (Å²) in [5.41, 5.74) is 9.06. The number of para-hydroxylation sites is 1. The SMILES string of the molecule is Cc1ccc(/C=C(/Cc2ccccc2N(C)C)c2ccc(C)cc2)cc1. The number of allylic oxidation sites excluding steroid dienone is 1. The van der Waals surface area contributed by atoms with Crippen molar-refractivity contribution in [3.05, 3.63) is 101 Å². The van der Waals surface area contributed by atoms with E-state index in [1.165, 1.54) is 39.1 Å². The average molecular weight is 341 g/mol. The normalized spacial score (nSPS) is 11.5. The van der Waals surface area contributed by atoms with E-state index in [9.17, 15) is 0 Å². The van der Waals surface area contributed by atoms with Gasteiger partial charge < -0.3 is 4.90 Å². The zero-order valence-corrected chi connectivity index (χ0v) is 16.2. The van der Waals surface area contributed by atoms with E-state index < -0.39 is 0 Å². The Balaban J connectivity index is 2.03. The lowest BCUT2D eigenvalue weighted by Gasteiger charge is -2.19. The van der Waals surface area contributed by atoms with Crippen molar-refractivity contribution < 1.29 is 0 Å². The second kappa shape index (κ2) is 8.05. The monoisotopic (exact) mass is 341 g/mol. The van der Waals surface area contributed by atoms with Gasteiger partial charge in [-0.2, -0.15) is 0 Å². The first kappa shape index (κ1) is 18.0. The first-order valence-corrected chi connectivity index (χ1v) is 9.12. The molecule has 0 aromatic heterocycles. The van der Waals surface area contributed by atoms with Crippen LogP contribution >= 0.6 is 0 Å². The Bertz CT molecular complexity index is 884. The minimum Gasteiger partial charge on any atom is -0.377 e. The summed E-state index contributed by atoms with van der Waals surface area (Å²) in [6.07, 6.45) is 3.22. The van der Waals surface area contributed by atoms with Gasteiger partial charge in [-0.05, 0) is 42.2 Å². The molecule has 0 radical (unpaired) electrons. The van der Waals surface area contributed by atoms with Crippen molar-refractivity contribution in [3.63, 3.8) is 0 Å². The fourth-order valence-electron chi connectivity index (χ4n) is 3.17. The Kier molecular flexibility index (Phi) is 5.58. The molecule has 0 bridgehead atoms. The summed E-state index contributed by atoms with van der Waals surface area (Å²) in [5.74, 6) is 0. The van der Waals surface area contributed by atoms with Crippen LogP contribution in [0.1, 0.15) is 27.8 Å². The van der Waals surface area contributed by atoms with Gasteiger partial charge in [0.15, 0.2) is 0 Å². The number of hydrogen-bond donors (Lipinski definition) is 0. The van der Waals surface area contributed by atoms with Gasteiger partial charge in [0.05, 0.1) is 0 Å². The van der Waals surface area contributed by atoms with E-state index in [0.717, 1.165) is 6.42 Å². The van der Waals surface area contributed by atoms with Crippen molar-refractivity contribution in [1.82, 2.24) is 0 Å². The molecule has 0 fully saturated rings. The predicted octanol–water partition coefficient (Wildman–Crippen LogP) is 6.15. The summed E-state index contributed by atoms with van der Waals surface area (Å²) >= 11 is 0. The molecule has 0 aliphatic rings. The van der Waals surface area contributed by atoms with E-state index in [-0.39, 0.29) is 0 Å².